The molecule has 0 aliphatic carbocycles. The number of phenols is 1. The fourth-order valence-corrected chi connectivity index (χ4v) is 2.96. The molecule has 0 fully saturated rings. The number of hydrogen-bond acceptors (Lipinski definition) is 7. The molecule has 1 amide bonds. The zero-order valence-electron chi connectivity index (χ0n) is 15.8. The molecule has 9 nitrogen and oxygen atoms in total. The standard InChI is InChI=1S/C19H20BrN3O6/c1-12-5-6-16(14(20)8-12)29-7-3-4-18(24)22-21-11-13-9-15(23(26)27)19(25)17(10-13)28-2/h5-6,8-11,25H,3-4,7H2,1-2H3,(H,22,24)/b21-11+. The highest BCUT2D eigenvalue weighted by Crippen LogP contribution is 2.36. The Morgan fingerprint density at radius 3 is 2.76 bits per heavy atom. The molecule has 0 saturated carbocycles. The lowest BCUT2D eigenvalue weighted by molar-refractivity contribution is -0.386. The van der Waals surface area contributed by atoms with Crippen LogP contribution in [0.4, 0.5) is 5.69 Å². The van der Waals surface area contributed by atoms with Gasteiger partial charge in [0.1, 0.15) is 5.75 Å². The fraction of sp³-hybridized carbons (Fsp3) is 0.263. The summed E-state index contributed by atoms with van der Waals surface area (Å²) in [4.78, 5) is 22.1. The van der Waals surface area contributed by atoms with Crippen LogP contribution < -0.4 is 14.9 Å². The summed E-state index contributed by atoms with van der Waals surface area (Å²) in [6, 6.07) is 8.23. The van der Waals surface area contributed by atoms with Gasteiger partial charge in [-0.3, -0.25) is 14.9 Å². The SMILES string of the molecule is COc1cc(/C=N/NC(=O)CCCOc2ccc(C)cc2Br)cc([N+](=O)[O-])c1O. The topological polar surface area (TPSA) is 123 Å². The largest absolute Gasteiger partial charge is 0.500 e. The monoisotopic (exact) mass is 465 g/mol. The van der Waals surface area contributed by atoms with Gasteiger partial charge < -0.3 is 14.6 Å². The lowest BCUT2D eigenvalue weighted by Gasteiger charge is -2.08. The van der Waals surface area contributed by atoms with Crippen LogP contribution >= 0.6 is 15.9 Å². The maximum Gasteiger partial charge on any atom is 0.315 e. The molecule has 0 aromatic heterocycles. The summed E-state index contributed by atoms with van der Waals surface area (Å²) >= 11 is 3.42. The lowest BCUT2D eigenvalue weighted by Crippen LogP contribution is -2.18. The number of amides is 1. The van der Waals surface area contributed by atoms with Crippen molar-refractivity contribution in [1.82, 2.24) is 5.43 Å². The third kappa shape index (κ3) is 6.46. The Balaban J connectivity index is 1.83. The van der Waals surface area contributed by atoms with Crippen molar-refractivity contribution in [3.63, 3.8) is 0 Å². The molecule has 0 heterocycles. The summed E-state index contributed by atoms with van der Waals surface area (Å²) in [5.74, 6) is -0.254. The first-order chi connectivity index (χ1) is 13.8. The first kappa shape index (κ1) is 22.2. The lowest BCUT2D eigenvalue weighted by atomic mass is 10.2. The van der Waals surface area contributed by atoms with Crippen LogP contribution in [0, 0.1) is 17.0 Å². The van der Waals surface area contributed by atoms with E-state index in [4.69, 9.17) is 9.47 Å². The van der Waals surface area contributed by atoms with Crippen molar-refractivity contribution in [1.29, 1.82) is 0 Å². The first-order valence-electron chi connectivity index (χ1n) is 8.58. The predicted octanol–water partition coefficient (Wildman–Crippen LogP) is 3.69. The second-order valence-corrected chi connectivity index (χ2v) is 6.88. The van der Waals surface area contributed by atoms with E-state index in [9.17, 15) is 20.0 Å². The van der Waals surface area contributed by atoms with Gasteiger partial charge in [-0.15, -0.1) is 0 Å². The van der Waals surface area contributed by atoms with Crippen LogP contribution in [0.2, 0.25) is 0 Å². The molecule has 2 rings (SSSR count). The highest BCUT2D eigenvalue weighted by atomic mass is 79.9. The summed E-state index contributed by atoms with van der Waals surface area (Å²) in [5, 5.41) is 24.5. The molecule has 2 aromatic rings. The Labute approximate surface area is 175 Å². The Bertz CT molecular complexity index is 932. The van der Waals surface area contributed by atoms with Gasteiger partial charge in [-0.2, -0.15) is 5.10 Å². The van der Waals surface area contributed by atoms with Crippen LogP contribution in [0.25, 0.3) is 0 Å². The first-order valence-corrected chi connectivity index (χ1v) is 9.37. The molecule has 0 atom stereocenters. The number of nitrogens with one attached hydrogen (secondary N) is 1. The van der Waals surface area contributed by atoms with E-state index in [2.05, 4.69) is 26.5 Å². The molecule has 0 radical (unpaired) electrons. The van der Waals surface area contributed by atoms with Gasteiger partial charge in [-0.25, -0.2) is 5.43 Å². The Kier molecular flexibility index (Phi) is 7.96. The number of nitrogens with zero attached hydrogens (tertiary/aromatic N) is 2. The number of hydrogen-bond donors (Lipinski definition) is 2. The van der Waals surface area contributed by atoms with Gasteiger partial charge in [0.25, 0.3) is 0 Å². The van der Waals surface area contributed by atoms with E-state index in [-0.39, 0.29) is 18.1 Å². The van der Waals surface area contributed by atoms with Gasteiger partial charge in [-0.05, 0) is 53.0 Å². The number of halogens is 1. The number of nitro benzene ring substituents is 1. The molecule has 0 bridgehead atoms. The average Bonchev–Trinajstić information content (AvgIpc) is 2.67. The molecule has 0 unspecified atom stereocenters. The molecular formula is C19H20BrN3O6. The second-order valence-electron chi connectivity index (χ2n) is 6.03. The van der Waals surface area contributed by atoms with Gasteiger partial charge in [0, 0.05) is 18.1 Å². The van der Waals surface area contributed by atoms with Gasteiger partial charge >= 0.3 is 5.69 Å². The predicted molar refractivity (Wildman–Crippen MR) is 111 cm³/mol. The summed E-state index contributed by atoms with van der Waals surface area (Å²) in [6.07, 6.45) is 1.91. The van der Waals surface area contributed by atoms with Crippen molar-refractivity contribution in [2.24, 2.45) is 5.10 Å². The summed E-state index contributed by atoms with van der Waals surface area (Å²) in [7, 11) is 1.28. The zero-order valence-corrected chi connectivity index (χ0v) is 17.4. The molecule has 2 aromatic carbocycles. The second kappa shape index (κ2) is 10.4. The molecule has 10 heteroatoms. The molecule has 0 saturated heterocycles. The number of methoxy groups -OCH3 is 1. The maximum atomic E-state index is 11.8. The van der Waals surface area contributed by atoms with Gasteiger partial charge in [-0.1, -0.05) is 6.07 Å². The number of hydrazone groups is 1. The van der Waals surface area contributed by atoms with Crippen molar-refractivity contribution in [2.75, 3.05) is 13.7 Å². The smallest absolute Gasteiger partial charge is 0.315 e. The van der Waals surface area contributed by atoms with E-state index < -0.39 is 16.4 Å². The van der Waals surface area contributed by atoms with E-state index in [1.807, 2.05) is 25.1 Å². The molecule has 0 aliphatic heterocycles. The minimum Gasteiger partial charge on any atom is -0.500 e. The number of carbonyl (C=O) groups excluding carboxylic acids is 1. The van der Waals surface area contributed by atoms with Crippen molar-refractivity contribution in [3.8, 4) is 17.2 Å². The summed E-state index contributed by atoms with van der Waals surface area (Å²) < 4.78 is 11.4. The van der Waals surface area contributed by atoms with Crippen LogP contribution in [0.15, 0.2) is 39.9 Å². The Morgan fingerprint density at radius 1 is 1.34 bits per heavy atom. The molecular weight excluding hydrogens is 446 g/mol. The van der Waals surface area contributed by atoms with Crippen molar-refractivity contribution < 1.29 is 24.3 Å². The maximum absolute atomic E-state index is 11.8. The Morgan fingerprint density at radius 2 is 2.10 bits per heavy atom. The van der Waals surface area contributed by atoms with Crippen LogP contribution in [0.5, 0.6) is 17.2 Å². The molecule has 29 heavy (non-hydrogen) atoms. The number of carbonyl (C=O) groups is 1. The molecule has 0 aliphatic rings. The molecule has 154 valence electrons. The van der Waals surface area contributed by atoms with Crippen LogP contribution in [0.1, 0.15) is 24.0 Å². The minimum atomic E-state index is -0.736. The number of aryl methyl sites for hydroxylation is 1. The highest BCUT2D eigenvalue weighted by Gasteiger charge is 2.19. The van der Waals surface area contributed by atoms with Crippen LogP contribution in [-0.2, 0) is 4.79 Å². The van der Waals surface area contributed by atoms with E-state index in [0.717, 1.165) is 16.1 Å². The number of phenolic OH excluding ortho intramolecular Hbond substituents is 1. The number of nitro groups is 1. The van der Waals surface area contributed by atoms with Gasteiger partial charge in [0.15, 0.2) is 5.75 Å². The normalized spacial score (nSPS) is 10.7. The van der Waals surface area contributed by atoms with E-state index in [1.165, 1.54) is 19.4 Å². The van der Waals surface area contributed by atoms with Gasteiger partial charge in [0.2, 0.25) is 11.7 Å². The quantitative estimate of drug-likeness (QED) is 0.252. The number of ether oxygens (including phenoxy) is 2. The van der Waals surface area contributed by atoms with E-state index in [1.54, 1.807) is 0 Å². The summed E-state index contributed by atoms with van der Waals surface area (Å²) in [6.45, 7) is 2.34. The van der Waals surface area contributed by atoms with Crippen LogP contribution in [0.3, 0.4) is 0 Å². The van der Waals surface area contributed by atoms with Crippen molar-refractivity contribution in [2.45, 2.75) is 19.8 Å². The number of aromatic hydroxyl groups is 1. The van der Waals surface area contributed by atoms with Gasteiger partial charge in [0.05, 0.1) is 29.3 Å². The van der Waals surface area contributed by atoms with E-state index >= 15 is 0 Å². The number of benzene rings is 2. The molecule has 2 N–H and O–H groups in total. The Hall–Kier alpha value is -3.14. The third-order valence-electron chi connectivity index (χ3n) is 3.79. The zero-order chi connectivity index (χ0) is 21.4. The van der Waals surface area contributed by atoms with E-state index in [0.29, 0.717) is 24.3 Å². The van der Waals surface area contributed by atoms with Crippen molar-refractivity contribution in [3.05, 3.63) is 56.0 Å². The fourth-order valence-electron chi connectivity index (χ4n) is 2.36. The molecule has 0 spiro atoms. The average molecular weight is 466 g/mol. The highest BCUT2D eigenvalue weighted by molar-refractivity contribution is 9.10. The van der Waals surface area contributed by atoms with Crippen LogP contribution in [-0.4, -0.2) is 35.9 Å². The number of rotatable bonds is 9. The van der Waals surface area contributed by atoms with Crippen molar-refractivity contribution >= 4 is 33.7 Å². The summed E-state index contributed by atoms with van der Waals surface area (Å²) in [5.41, 5.74) is 3.23. The third-order valence-corrected chi connectivity index (χ3v) is 4.41. The minimum absolute atomic E-state index is 0.0635.